The fourth-order valence-electron chi connectivity index (χ4n) is 1.86. The molecule has 5 nitrogen and oxygen atoms in total. The molecular weight excluding hydrogens is 254 g/mol. The van der Waals surface area contributed by atoms with Crippen molar-refractivity contribution in [2.45, 2.75) is 13.0 Å². The summed E-state index contributed by atoms with van der Waals surface area (Å²) >= 11 is 0. The summed E-state index contributed by atoms with van der Waals surface area (Å²) in [6, 6.07) is 10.5. The number of nitrogens with two attached hydrogens (primary N) is 1. The van der Waals surface area contributed by atoms with Gasteiger partial charge in [0.1, 0.15) is 5.82 Å². The number of aryl methyl sites for hydroxylation is 1. The number of aromatic nitrogens is 1. The van der Waals surface area contributed by atoms with Gasteiger partial charge in [-0.25, -0.2) is 9.78 Å². The van der Waals surface area contributed by atoms with Crippen LogP contribution in [0, 0.1) is 6.92 Å². The highest BCUT2D eigenvalue weighted by molar-refractivity contribution is 5.82. The molecule has 1 unspecified atom stereocenters. The largest absolute Gasteiger partial charge is 0.467 e. The minimum atomic E-state index is -0.641. The molecule has 0 spiro atoms. The monoisotopic (exact) mass is 271 g/mol. The lowest BCUT2D eigenvalue weighted by atomic mass is 10.1. The van der Waals surface area contributed by atoms with Crippen molar-refractivity contribution < 1.29 is 9.53 Å². The van der Waals surface area contributed by atoms with Crippen molar-refractivity contribution in [2.75, 3.05) is 18.2 Å². The maximum atomic E-state index is 12.0. The van der Waals surface area contributed by atoms with Gasteiger partial charge >= 0.3 is 5.97 Å². The average molecular weight is 271 g/mol. The molecule has 0 saturated carbocycles. The first-order valence-corrected chi connectivity index (χ1v) is 6.24. The summed E-state index contributed by atoms with van der Waals surface area (Å²) in [6.07, 6.45) is 1.65. The first-order valence-electron chi connectivity index (χ1n) is 6.24. The Morgan fingerprint density at radius 2 is 2.00 bits per heavy atom. The van der Waals surface area contributed by atoms with Gasteiger partial charge in [0.05, 0.1) is 12.8 Å². The van der Waals surface area contributed by atoms with E-state index in [-0.39, 0.29) is 5.97 Å². The van der Waals surface area contributed by atoms with Crippen LogP contribution in [0.2, 0.25) is 0 Å². The molecule has 0 saturated heterocycles. The Labute approximate surface area is 117 Å². The van der Waals surface area contributed by atoms with Crippen molar-refractivity contribution in [2.24, 2.45) is 0 Å². The molecule has 1 aromatic carbocycles. The number of nitrogen functional groups attached to an aromatic ring is 1. The van der Waals surface area contributed by atoms with Gasteiger partial charge in [-0.15, -0.1) is 0 Å². The molecule has 0 radical (unpaired) electrons. The normalized spacial score (nSPS) is 11.7. The van der Waals surface area contributed by atoms with Crippen LogP contribution in [0.25, 0.3) is 0 Å². The lowest BCUT2D eigenvalue weighted by molar-refractivity contribution is -0.141. The highest BCUT2D eigenvalue weighted by Gasteiger charge is 2.22. The van der Waals surface area contributed by atoms with Crippen molar-refractivity contribution >= 4 is 17.5 Å². The van der Waals surface area contributed by atoms with Gasteiger partial charge < -0.3 is 15.8 Å². The summed E-state index contributed by atoms with van der Waals surface area (Å²) in [7, 11) is 1.35. The van der Waals surface area contributed by atoms with E-state index < -0.39 is 6.04 Å². The molecule has 3 N–H and O–H groups in total. The molecule has 104 valence electrons. The second kappa shape index (κ2) is 6.06. The molecule has 0 bridgehead atoms. The molecule has 1 aromatic heterocycles. The maximum Gasteiger partial charge on any atom is 0.333 e. The van der Waals surface area contributed by atoms with E-state index in [4.69, 9.17) is 10.5 Å². The number of carbonyl (C=O) groups excluding carboxylic acids is 1. The number of anilines is 2. The second-order valence-corrected chi connectivity index (χ2v) is 4.40. The van der Waals surface area contributed by atoms with Gasteiger partial charge in [0.2, 0.25) is 0 Å². The van der Waals surface area contributed by atoms with E-state index in [1.165, 1.54) is 7.11 Å². The predicted octanol–water partition coefficient (Wildman–Crippen LogP) is 2.30. The number of nitrogens with zero attached hydrogens (tertiary/aromatic N) is 1. The first-order chi connectivity index (χ1) is 9.63. The van der Waals surface area contributed by atoms with Crippen LogP contribution >= 0.6 is 0 Å². The zero-order valence-electron chi connectivity index (χ0n) is 11.5. The summed E-state index contributed by atoms with van der Waals surface area (Å²) in [5, 5.41) is 3.04. The Bertz CT molecular complexity index is 599. The molecule has 0 amide bonds. The van der Waals surface area contributed by atoms with Gasteiger partial charge in [-0.05, 0) is 24.1 Å². The number of rotatable bonds is 4. The summed E-state index contributed by atoms with van der Waals surface area (Å²) in [4.78, 5) is 16.1. The van der Waals surface area contributed by atoms with Crippen LogP contribution in [-0.2, 0) is 9.53 Å². The minimum absolute atomic E-state index is 0.390. The molecule has 0 aliphatic rings. The molecule has 1 atom stereocenters. The maximum absolute atomic E-state index is 12.0. The highest BCUT2D eigenvalue weighted by Crippen LogP contribution is 2.25. The zero-order valence-corrected chi connectivity index (χ0v) is 11.5. The van der Waals surface area contributed by atoms with E-state index in [2.05, 4.69) is 10.3 Å². The van der Waals surface area contributed by atoms with Gasteiger partial charge in [-0.3, -0.25) is 0 Å². The number of carbonyl (C=O) groups is 1. The SMILES string of the molecule is COC(=O)C(Nc1nccc(C)c1N)c1ccccc1. The summed E-state index contributed by atoms with van der Waals surface area (Å²) in [6.45, 7) is 1.89. The molecule has 1 heterocycles. The molecule has 0 fully saturated rings. The summed E-state index contributed by atoms with van der Waals surface area (Å²) in [5.41, 5.74) is 8.19. The summed E-state index contributed by atoms with van der Waals surface area (Å²) < 4.78 is 4.84. The molecule has 5 heteroatoms. The van der Waals surface area contributed by atoms with E-state index in [1.54, 1.807) is 6.20 Å². The van der Waals surface area contributed by atoms with Gasteiger partial charge in [-0.2, -0.15) is 0 Å². The van der Waals surface area contributed by atoms with E-state index in [1.807, 2.05) is 43.3 Å². The Kier molecular flexibility index (Phi) is 4.20. The fraction of sp³-hybridized carbons (Fsp3) is 0.200. The van der Waals surface area contributed by atoms with Crippen LogP contribution in [0.1, 0.15) is 17.2 Å². The lowest BCUT2D eigenvalue weighted by Crippen LogP contribution is -2.23. The number of methoxy groups -OCH3 is 1. The number of hydrogen-bond acceptors (Lipinski definition) is 5. The molecule has 2 aromatic rings. The number of hydrogen-bond donors (Lipinski definition) is 2. The number of esters is 1. The Morgan fingerprint density at radius 1 is 1.30 bits per heavy atom. The number of benzene rings is 1. The third-order valence-electron chi connectivity index (χ3n) is 3.06. The van der Waals surface area contributed by atoms with Crippen LogP contribution in [-0.4, -0.2) is 18.1 Å². The smallest absolute Gasteiger partial charge is 0.333 e. The van der Waals surface area contributed by atoms with Crippen molar-refractivity contribution in [3.63, 3.8) is 0 Å². The predicted molar refractivity (Wildman–Crippen MR) is 78.2 cm³/mol. The van der Waals surface area contributed by atoms with E-state index in [0.717, 1.165) is 11.1 Å². The third-order valence-corrected chi connectivity index (χ3v) is 3.06. The average Bonchev–Trinajstić information content (AvgIpc) is 2.49. The lowest BCUT2D eigenvalue weighted by Gasteiger charge is -2.19. The molecular formula is C15H17N3O2. The van der Waals surface area contributed by atoms with Crippen LogP contribution in [0.5, 0.6) is 0 Å². The number of pyridine rings is 1. The van der Waals surface area contributed by atoms with E-state index in [0.29, 0.717) is 11.5 Å². The number of ether oxygens (including phenoxy) is 1. The quantitative estimate of drug-likeness (QED) is 0.834. The van der Waals surface area contributed by atoms with E-state index >= 15 is 0 Å². The molecule has 20 heavy (non-hydrogen) atoms. The van der Waals surface area contributed by atoms with E-state index in [9.17, 15) is 4.79 Å². The number of nitrogens with one attached hydrogen (secondary N) is 1. The topological polar surface area (TPSA) is 77.2 Å². The van der Waals surface area contributed by atoms with Crippen molar-refractivity contribution in [1.29, 1.82) is 0 Å². The van der Waals surface area contributed by atoms with Gasteiger partial charge in [0, 0.05) is 6.20 Å². The highest BCUT2D eigenvalue weighted by atomic mass is 16.5. The van der Waals surface area contributed by atoms with Crippen LogP contribution in [0.15, 0.2) is 42.6 Å². The Balaban J connectivity index is 2.34. The van der Waals surface area contributed by atoms with Gasteiger partial charge in [0.15, 0.2) is 6.04 Å². The van der Waals surface area contributed by atoms with Crippen LogP contribution in [0.4, 0.5) is 11.5 Å². The van der Waals surface area contributed by atoms with Crippen molar-refractivity contribution in [3.05, 3.63) is 53.7 Å². The fourth-order valence-corrected chi connectivity index (χ4v) is 1.86. The van der Waals surface area contributed by atoms with Gasteiger partial charge in [0.25, 0.3) is 0 Å². The Hall–Kier alpha value is -2.56. The second-order valence-electron chi connectivity index (χ2n) is 4.40. The van der Waals surface area contributed by atoms with Gasteiger partial charge in [-0.1, -0.05) is 30.3 Å². The van der Waals surface area contributed by atoms with Crippen LogP contribution in [0.3, 0.4) is 0 Å². The van der Waals surface area contributed by atoms with Crippen molar-refractivity contribution in [1.82, 2.24) is 4.98 Å². The molecule has 2 rings (SSSR count). The zero-order chi connectivity index (χ0) is 14.5. The Morgan fingerprint density at radius 3 is 2.65 bits per heavy atom. The molecule has 0 aliphatic heterocycles. The molecule has 0 aliphatic carbocycles. The van der Waals surface area contributed by atoms with Crippen LogP contribution < -0.4 is 11.1 Å². The summed E-state index contributed by atoms with van der Waals surface area (Å²) in [5.74, 6) is 0.0863. The van der Waals surface area contributed by atoms with Crippen molar-refractivity contribution in [3.8, 4) is 0 Å². The minimum Gasteiger partial charge on any atom is -0.467 e. The first kappa shape index (κ1) is 13.9. The third kappa shape index (κ3) is 2.88. The standard InChI is InChI=1S/C15H17N3O2/c1-10-8-9-17-14(12(10)16)18-13(15(19)20-2)11-6-4-3-5-7-11/h3-9,13H,16H2,1-2H3,(H,17,18).